The first-order valence-corrected chi connectivity index (χ1v) is 11.6. The smallest absolute Gasteiger partial charge is 0.265 e. The standard InChI is InChI=1S/C25H25N3O5S/c1-32-20-10-7-18(16-21(20)33-2)25(31)28-13-11-27(12-14-28)24(30)17-5-8-19(9-6-17)26-23(29)22-4-3-15-34-22/h3-10,15-16H,11-14H2,1-2H3,(H,26,29). The molecule has 9 heteroatoms. The van der Waals surface area contributed by atoms with Crippen molar-refractivity contribution in [1.82, 2.24) is 9.80 Å². The van der Waals surface area contributed by atoms with Gasteiger partial charge >= 0.3 is 0 Å². The summed E-state index contributed by atoms with van der Waals surface area (Å²) in [5, 5.41) is 4.67. The summed E-state index contributed by atoms with van der Waals surface area (Å²) in [5.41, 5.74) is 1.67. The van der Waals surface area contributed by atoms with Gasteiger partial charge in [0, 0.05) is 43.0 Å². The number of carbonyl (C=O) groups is 3. The summed E-state index contributed by atoms with van der Waals surface area (Å²) >= 11 is 1.37. The van der Waals surface area contributed by atoms with Crippen LogP contribution in [0.15, 0.2) is 60.0 Å². The first-order valence-electron chi connectivity index (χ1n) is 10.8. The predicted molar refractivity (Wildman–Crippen MR) is 130 cm³/mol. The molecule has 176 valence electrons. The molecule has 34 heavy (non-hydrogen) atoms. The molecule has 1 aliphatic heterocycles. The van der Waals surface area contributed by atoms with Gasteiger partial charge in [-0.05, 0) is 53.9 Å². The first kappa shape index (κ1) is 23.3. The molecule has 0 radical (unpaired) electrons. The molecular formula is C25H25N3O5S. The minimum absolute atomic E-state index is 0.102. The lowest BCUT2D eigenvalue weighted by atomic mass is 10.1. The molecule has 2 aromatic carbocycles. The van der Waals surface area contributed by atoms with E-state index in [1.807, 2.05) is 11.4 Å². The molecule has 3 aromatic rings. The highest BCUT2D eigenvalue weighted by molar-refractivity contribution is 7.12. The van der Waals surface area contributed by atoms with E-state index in [9.17, 15) is 14.4 Å². The van der Waals surface area contributed by atoms with Crippen LogP contribution in [0.1, 0.15) is 30.4 Å². The zero-order chi connectivity index (χ0) is 24.1. The number of hydrogen-bond donors (Lipinski definition) is 1. The summed E-state index contributed by atoms with van der Waals surface area (Å²) in [6.45, 7) is 1.76. The number of ether oxygens (including phenoxy) is 2. The van der Waals surface area contributed by atoms with Crippen LogP contribution in [-0.2, 0) is 0 Å². The summed E-state index contributed by atoms with van der Waals surface area (Å²) in [6.07, 6.45) is 0. The maximum absolute atomic E-state index is 12.9. The Kier molecular flexibility index (Phi) is 7.12. The second kappa shape index (κ2) is 10.4. The van der Waals surface area contributed by atoms with Gasteiger partial charge in [-0.3, -0.25) is 14.4 Å². The van der Waals surface area contributed by atoms with Crippen molar-refractivity contribution < 1.29 is 23.9 Å². The summed E-state index contributed by atoms with van der Waals surface area (Å²) in [6, 6.07) is 15.5. The minimum Gasteiger partial charge on any atom is -0.493 e. The zero-order valence-corrected chi connectivity index (χ0v) is 19.8. The topological polar surface area (TPSA) is 88.2 Å². The normalized spacial score (nSPS) is 13.4. The molecule has 0 atom stereocenters. The fourth-order valence-corrected chi connectivity index (χ4v) is 4.36. The Morgan fingerprint density at radius 1 is 0.794 bits per heavy atom. The lowest BCUT2D eigenvalue weighted by Crippen LogP contribution is -2.50. The molecule has 4 rings (SSSR count). The highest BCUT2D eigenvalue weighted by atomic mass is 32.1. The second-order valence-corrected chi connectivity index (χ2v) is 8.61. The molecule has 1 aromatic heterocycles. The van der Waals surface area contributed by atoms with Crippen molar-refractivity contribution in [3.63, 3.8) is 0 Å². The summed E-state index contributed by atoms with van der Waals surface area (Å²) in [4.78, 5) is 42.1. The monoisotopic (exact) mass is 479 g/mol. The number of piperazine rings is 1. The average Bonchev–Trinajstić information content (AvgIpc) is 3.43. The molecule has 0 aliphatic carbocycles. The molecule has 2 heterocycles. The van der Waals surface area contributed by atoms with Crippen LogP contribution in [-0.4, -0.2) is 67.9 Å². The van der Waals surface area contributed by atoms with Crippen LogP contribution in [0.2, 0.25) is 0 Å². The Bertz CT molecular complexity index is 1170. The van der Waals surface area contributed by atoms with Gasteiger partial charge in [0.2, 0.25) is 0 Å². The van der Waals surface area contributed by atoms with Crippen molar-refractivity contribution in [3.05, 3.63) is 76.0 Å². The van der Waals surface area contributed by atoms with Crippen molar-refractivity contribution in [1.29, 1.82) is 0 Å². The third-order valence-electron chi connectivity index (χ3n) is 5.62. The maximum atomic E-state index is 12.9. The fourth-order valence-electron chi connectivity index (χ4n) is 3.74. The Morgan fingerprint density at radius 3 is 1.94 bits per heavy atom. The summed E-state index contributed by atoms with van der Waals surface area (Å²) < 4.78 is 10.5. The van der Waals surface area contributed by atoms with Gasteiger partial charge in [0.05, 0.1) is 19.1 Å². The van der Waals surface area contributed by atoms with Gasteiger partial charge < -0.3 is 24.6 Å². The second-order valence-electron chi connectivity index (χ2n) is 7.66. The minimum atomic E-state index is -0.177. The van der Waals surface area contributed by atoms with Crippen LogP contribution in [0, 0.1) is 0 Å². The number of anilines is 1. The van der Waals surface area contributed by atoms with Gasteiger partial charge in [0.15, 0.2) is 11.5 Å². The molecule has 1 fully saturated rings. The number of amides is 3. The number of nitrogens with one attached hydrogen (secondary N) is 1. The van der Waals surface area contributed by atoms with Crippen LogP contribution >= 0.6 is 11.3 Å². The highest BCUT2D eigenvalue weighted by Gasteiger charge is 2.26. The zero-order valence-electron chi connectivity index (χ0n) is 18.9. The molecule has 0 saturated carbocycles. The van der Waals surface area contributed by atoms with E-state index in [0.29, 0.717) is 59.4 Å². The molecular weight excluding hydrogens is 454 g/mol. The summed E-state index contributed by atoms with van der Waals surface area (Å²) in [5.74, 6) is 0.668. The van der Waals surface area contributed by atoms with Crippen molar-refractivity contribution in [2.24, 2.45) is 0 Å². The first-order chi connectivity index (χ1) is 16.5. The number of rotatable bonds is 6. The van der Waals surface area contributed by atoms with Crippen LogP contribution in [0.4, 0.5) is 5.69 Å². The number of nitrogens with zero attached hydrogens (tertiary/aromatic N) is 2. The van der Waals surface area contributed by atoms with Gasteiger partial charge in [-0.25, -0.2) is 0 Å². The molecule has 1 aliphatic rings. The van der Waals surface area contributed by atoms with Crippen LogP contribution in [0.25, 0.3) is 0 Å². The Hall–Kier alpha value is -3.85. The number of methoxy groups -OCH3 is 2. The van der Waals surface area contributed by atoms with Crippen molar-refractivity contribution in [2.75, 3.05) is 45.7 Å². The maximum Gasteiger partial charge on any atom is 0.265 e. The Labute approximate surface area is 201 Å². The van der Waals surface area contributed by atoms with Gasteiger partial charge in [0.1, 0.15) is 0 Å². The average molecular weight is 480 g/mol. The van der Waals surface area contributed by atoms with Gasteiger partial charge in [-0.2, -0.15) is 0 Å². The SMILES string of the molecule is COc1ccc(C(=O)N2CCN(C(=O)c3ccc(NC(=O)c4cccs4)cc3)CC2)cc1OC. The van der Waals surface area contributed by atoms with Crippen molar-refractivity contribution in [3.8, 4) is 11.5 Å². The summed E-state index contributed by atoms with van der Waals surface area (Å²) in [7, 11) is 3.07. The third-order valence-corrected chi connectivity index (χ3v) is 6.49. The van der Waals surface area contributed by atoms with Crippen LogP contribution in [0.3, 0.4) is 0 Å². The van der Waals surface area contributed by atoms with E-state index < -0.39 is 0 Å². The Balaban J connectivity index is 1.33. The number of hydrogen-bond acceptors (Lipinski definition) is 6. The molecule has 1 saturated heterocycles. The fraction of sp³-hybridized carbons (Fsp3) is 0.240. The van der Waals surface area contributed by atoms with E-state index in [2.05, 4.69) is 5.32 Å². The molecule has 0 unspecified atom stereocenters. The third kappa shape index (κ3) is 5.04. The van der Waals surface area contributed by atoms with Crippen LogP contribution in [0.5, 0.6) is 11.5 Å². The molecule has 0 bridgehead atoms. The largest absolute Gasteiger partial charge is 0.493 e. The van der Waals surface area contributed by atoms with E-state index in [1.54, 1.807) is 65.4 Å². The van der Waals surface area contributed by atoms with E-state index in [4.69, 9.17) is 9.47 Å². The quantitative estimate of drug-likeness (QED) is 0.584. The van der Waals surface area contributed by atoms with Crippen molar-refractivity contribution in [2.45, 2.75) is 0 Å². The molecule has 3 amide bonds. The molecule has 0 spiro atoms. The van der Waals surface area contributed by atoms with E-state index in [0.717, 1.165) is 0 Å². The van der Waals surface area contributed by atoms with Gasteiger partial charge in [0.25, 0.3) is 17.7 Å². The molecule has 1 N–H and O–H groups in total. The predicted octanol–water partition coefficient (Wildman–Crippen LogP) is 3.62. The van der Waals surface area contributed by atoms with E-state index >= 15 is 0 Å². The lowest BCUT2D eigenvalue weighted by molar-refractivity contribution is 0.0535. The highest BCUT2D eigenvalue weighted by Crippen LogP contribution is 2.28. The lowest BCUT2D eigenvalue weighted by Gasteiger charge is -2.35. The Morgan fingerprint density at radius 2 is 1.38 bits per heavy atom. The number of thiophene rings is 1. The van der Waals surface area contributed by atoms with Gasteiger partial charge in [-0.1, -0.05) is 6.07 Å². The number of benzene rings is 2. The van der Waals surface area contributed by atoms with E-state index in [-0.39, 0.29) is 17.7 Å². The number of carbonyl (C=O) groups excluding carboxylic acids is 3. The van der Waals surface area contributed by atoms with E-state index in [1.165, 1.54) is 18.4 Å². The van der Waals surface area contributed by atoms with Crippen LogP contribution < -0.4 is 14.8 Å². The van der Waals surface area contributed by atoms with Gasteiger partial charge in [-0.15, -0.1) is 11.3 Å². The van der Waals surface area contributed by atoms with Crippen molar-refractivity contribution >= 4 is 34.7 Å². The molecule has 8 nitrogen and oxygen atoms in total.